The van der Waals surface area contributed by atoms with Gasteiger partial charge in [0.1, 0.15) is 18.8 Å². The first-order chi connectivity index (χ1) is 18.5. The van der Waals surface area contributed by atoms with Gasteiger partial charge in [-0.2, -0.15) is 0 Å². The standard InChI is InChI=1S/C33H52O6/c1-6-20(2)31(36)39-23-13-15-32(4)22(17-23)8-9-25-27-11-10-26(33(27,5)16-14-28(25)32)21(3)7-12-29(34)38-24-18-30(35)37-19-24/h20-28H,6-19H2,1-5H3. The SMILES string of the molecule is CCC(C)C(=O)OC1CCC2(C)C(CCC3C2CCC2(C)C(C(C)CCC(=O)OC4COC(=O)C4)CCC32)C1. The Hall–Kier alpha value is -1.59. The molecule has 11 atom stereocenters. The van der Waals surface area contributed by atoms with Gasteiger partial charge in [-0.25, -0.2) is 0 Å². The van der Waals surface area contributed by atoms with Gasteiger partial charge in [0.15, 0.2) is 0 Å². The fourth-order valence-electron chi connectivity index (χ4n) is 10.1. The van der Waals surface area contributed by atoms with E-state index in [1.165, 1.54) is 44.9 Å². The summed E-state index contributed by atoms with van der Waals surface area (Å²) in [5, 5.41) is 0. The van der Waals surface area contributed by atoms with E-state index < -0.39 is 6.10 Å². The van der Waals surface area contributed by atoms with Gasteiger partial charge < -0.3 is 14.2 Å². The topological polar surface area (TPSA) is 78.9 Å². The van der Waals surface area contributed by atoms with Gasteiger partial charge in [0.25, 0.3) is 0 Å². The zero-order valence-corrected chi connectivity index (χ0v) is 25.0. The third kappa shape index (κ3) is 5.52. The second kappa shape index (κ2) is 11.4. The monoisotopic (exact) mass is 544 g/mol. The van der Waals surface area contributed by atoms with Crippen molar-refractivity contribution in [2.75, 3.05) is 6.61 Å². The minimum absolute atomic E-state index is 0.000915. The Morgan fingerprint density at radius 2 is 1.69 bits per heavy atom. The number of esters is 3. The fraction of sp³-hybridized carbons (Fsp3) is 0.909. The molecule has 4 aliphatic carbocycles. The molecular formula is C33H52O6. The van der Waals surface area contributed by atoms with Crippen LogP contribution in [0.15, 0.2) is 0 Å². The molecule has 0 N–H and O–H groups in total. The summed E-state index contributed by atoms with van der Waals surface area (Å²) in [7, 11) is 0. The lowest BCUT2D eigenvalue weighted by molar-refractivity contribution is -0.166. The number of ether oxygens (including phenoxy) is 3. The molecule has 5 aliphatic rings. The highest BCUT2D eigenvalue weighted by Gasteiger charge is 2.60. The Labute approximate surface area is 235 Å². The molecular weight excluding hydrogens is 492 g/mol. The molecule has 5 fully saturated rings. The average molecular weight is 545 g/mol. The number of cyclic esters (lactones) is 1. The molecule has 220 valence electrons. The molecule has 0 aromatic rings. The van der Waals surface area contributed by atoms with E-state index in [1.54, 1.807) is 0 Å². The Morgan fingerprint density at radius 1 is 0.949 bits per heavy atom. The number of hydrogen-bond donors (Lipinski definition) is 0. The highest BCUT2D eigenvalue weighted by molar-refractivity contribution is 5.74. The van der Waals surface area contributed by atoms with E-state index in [0.717, 1.165) is 43.4 Å². The van der Waals surface area contributed by atoms with Crippen LogP contribution in [0.1, 0.15) is 118 Å². The normalized spacial score (nSPS) is 42.9. The van der Waals surface area contributed by atoms with Crippen LogP contribution in [-0.4, -0.2) is 36.7 Å². The lowest BCUT2D eigenvalue weighted by Crippen LogP contribution is -2.54. The van der Waals surface area contributed by atoms with Gasteiger partial charge in [-0.3, -0.25) is 14.4 Å². The van der Waals surface area contributed by atoms with E-state index in [-0.39, 0.29) is 43.0 Å². The van der Waals surface area contributed by atoms with E-state index in [1.807, 2.05) is 6.92 Å². The van der Waals surface area contributed by atoms with Gasteiger partial charge in [-0.05, 0) is 117 Å². The van der Waals surface area contributed by atoms with Gasteiger partial charge >= 0.3 is 17.9 Å². The molecule has 0 radical (unpaired) electrons. The molecule has 1 aliphatic heterocycles. The molecule has 1 heterocycles. The van der Waals surface area contributed by atoms with Crippen LogP contribution in [0.4, 0.5) is 0 Å². The zero-order valence-electron chi connectivity index (χ0n) is 25.0. The van der Waals surface area contributed by atoms with Crippen LogP contribution in [0.25, 0.3) is 0 Å². The maximum Gasteiger partial charge on any atom is 0.309 e. The van der Waals surface area contributed by atoms with E-state index in [9.17, 15) is 14.4 Å². The van der Waals surface area contributed by atoms with Crippen LogP contribution < -0.4 is 0 Å². The van der Waals surface area contributed by atoms with Crippen molar-refractivity contribution >= 4 is 17.9 Å². The van der Waals surface area contributed by atoms with Crippen LogP contribution >= 0.6 is 0 Å². The molecule has 11 unspecified atom stereocenters. The summed E-state index contributed by atoms with van der Waals surface area (Å²) >= 11 is 0. The average Bonchev–Trinajstić information content (AvgIpc) is 3.48. The van der Waals surface area contributed by atoms with Crippen molar-refractivity contribution in [3.8, 4) is 0 Å². The quantitative estimate of drug-likeness (QED) is 0.245. The molecule has 1 saturated heterocycles. The summed E-state index contributed by atoms with van der Waals surface area (Å²) in [4.78, 5) is 36.2. The first kappa shape index (κ1) is 28.9. The van der Waals surface area contributed by atoms with Crippen molar-refractivity contribution < 1.29 is 28.6 Å². The zero-order chi connectivity index (χ0) is 27.9. The van der Waals surface area contributed by atoms with Gasteiger partial charge in [0, 0.05) is 6.42 Å². The summed E-state index contributed by atoms with van der Waals surface area (Å²) in [6.45, 7) is 11.7. The van der Waals surface area contributed by atoms with Gasteiger partial charge in [-0.1, -0.05) is 34.6 Å². The van der Waals surface area contributed by atoms with Gasteiger partial charge in [0.05, 0.1) is 12.3 Å². The van der Waals surface area contributed by atoms with Gasteiger partial charge in [0.2, 0.25) is 0 Å². The second-order valence-corrected chi connectivity index (χ2v) is 14.5. The van der Waals surface area contributed by atoms with Crippen LogP contribution in [0.2, 0.25) is 0 Å². The smallest absolute Gasteiger partial charge is 0.309 e. The molecule has 0 aromatic carbocycles. The molecule has 0 bridgehead atoms. The second-order valence-electron chi connectivity index (χ2n) is 14.5. The molecule has 6 nitrogen and oxygen atoms in total. The number of rotatable bonds is 8. The molecule has 5 rings (SSSR count). The lowest BCUT2D eigenvalue weighted by atomic mass is 9.44. The summed E-state index contributed by atoms with van der Waals surface area (Å²) in [6, 6.07) is 0. The summed E-state index contributed by atoms with van der Waals surface area (Å²) < 4.78 is 16.4. The largest absolute Gasteiger partial charge is 0.462 e. The Morgan fingerprint density at radius 3 is 2.41 bits per heavy atom. The van der Waals surface area contributed by atoms with Crippen molar-refractivity contribution in [1.29, 1.82) is 0 Å². The molecule has 0 amide bonds. The molecule has 6 heteroatoms. The van der Waals surface area contributed by atoms with Crippen LogP contribution in [-0.2, 0) is 28.6 Å². The third-order valence-electron chi connectivity index (χ3n) is 12.6. The fourth-order valence-corrected chi connectivity index (χ4v) is 10.1. The molecule has 4 saturated carbocycles. The molecule has 39 heavy (non-hydrogen) atoms. The van der Waals surface area contributed by atoms with Crippen molar-refractivity contribution in [3.63, 3.8) is 0 Å². The number of fused-ring (bicyclic) bond motifs is 5. The predicted octanol–water partition coefficient (Wildman–Crippen LogP) is 6.88. The number of carbonyl (C=O) groups excluding carboxylic acids is 3. The van der Waals surface area contributed by atoms with Crippen molar-refractivity contribution in [2.45, 2.75) is 130 Å². The highest BCUT2D eigenvalue weighted by Crippen LogP contribution is 2.68. The summed E-state index contributed by atoms with van der Waals surface area (Å²) in [6.07, 6.45) is 13.1. The van der Waals surface area contributed by atoms with Crippen LogP contribution in [0, 0.1) is 52.3 Å². The van der Waals surface area contributed by atoms with E-state index in [4.69, 9.17) is 14.2 Å². The minimum atomic E-state index is -0.400. The minimum Gasteiger partial charge on any atom is -0.462 e. The maximum atomic E-state index is 12.5. The Bertz CT molecular complexity index is 931. The number of carbonyl (C=O) groups is 3. The molecule has 0 spiro atoms. The third-order valence-corrected chi connectivity index (χ3v) is 12.6. The van der Waals surface area contributed by atoms with Gasteiger partial charge in [-0.15, -0.1) is 0 Å². The van der Waals surface area contributed by atoms with Crippen molar-refractivity contribution in [1.82, 2.24) is 0 Å². The van der Waals surface area contributed by atoms with Crippen molar-refractivity contribution in [3.05, 3.63) is 0 Å². The predicted molar refractivity (Wildman–Crippen MR) is 148 cm³/mol. The van der Waals surface area contributed by atoms with E-state index in [2.05, 4.69) is 27.7 Å². The highest BCUT2D eigenvalue weighted by atomic mass is 16.6. The maximum absolute atomic E-state index is 12.5. The first-order valence-electron chi connectivity index (χ1n) is 16.1. The lowest BCUT2D eigenvalue weighted by Gasteiger charge is -2.61. The van der Waals surface area contributed by atoms with Crippen molar-refractivity contribution in [2.24, 2.45) is 52.3 Å². The Balaban J connectivity index is 1.17. The van der Waals surface area contributed by atoms with Crippen LogP contribution in [0.5, 0.6) is 0 Å². The van der Waals surface area contributed by atoms with Crippen LogP contribution in [0.3, 0.4) is 0 Å². The van der Waals surface area contributed by atoms with E-state index >= 15 is 0 Å². The Kier molecular flexibility index (Phi) is 8.42. The molecule has 0 aromatic heterocycles. The number of hydrogen-bond acceptors (Lipinski definition) is 6. The van der Waals surface area contributed by atoms with E-state index in [0.29, 0.717) is 35.0 Å². The summed E-state index contributed by atoms with van der Waals surface area (Å²) in [5.74, 6) is 3.75. The summed E-state index contributed by atoms with van der Waals surface area (Å²) in [5.41, 5.74) is 0.741. The first-order valence-corrected chi connectivity index (χ1v) is 16.1.